The predicted octanol–water partition coefficient (Wildman–Crippen LogP) is 2.88. The van der Waals surface area contributed by atoms with Gasteiger partial charge in [-0.15, -0.1) is 0 Å². The minimum Gasteiger partial charge on any atom is -0.346 e. The molecule has 0 atom stereocenters. The van der Waals surface area contributed by atoms with Gasteiger partial charge in [0.05, 0.1) is 5.69 Å². The van der Waals surface area contributed by atoms with Crippen molar-refractivity contribution in [2.75, 3.05) is 6.54 Å². The van der Waals surface area contributed by atoms with Crippen molar-refractivity contribution in [3.8, 4) is 0 Å². The Hall–Kier alpha value is -1.13. The van der Waals surface area contributed by atoms with E-state index in [2.05, 4.69) is 57.9 Å². The third kappa shape index (κ3) is 3.00. The van der Waals surface area contributed by atoms with Gasteiger partial charge in [0.1, 0.15) is 5.82 Å². The largest absolute Gasteiger partial charge is 0.346 e. The summed E-state index contributed by atoms with van der Waals surface area (Å²) in [6.45, 7) is 4.79. The molecule has 0 unspecified atom stereocenters. The van der Waals surface area contributed by atoms with Gasteiger partial charge in [0.15, 0.2) is 0 Å². The molecular weight excluding hydrogens is 290 g/mol. The highest BCUT2D eigenvalue weighted by atomic mass is 79.9. The van der Waals surface area contributed by atoms with E-state index in [4.69, 9.17) is 5.73 Å². The Kier molecular flexibility index (Phi) is 4.19. The van der Waals surface area contributed by atoms with E-state index in [0.717, 1.165) is 34.5 Å². The number of nitrogens with zero attached hydrogens (tertiary/aromatic N) is 1. The fourth-order valence-corrected chi connectivity index (χ4v) is 2.25. The van der Waals surface area contributed by atoms with Gasteiger partial charge in [0.2, 0.25) is 0 Å². The molecule has 2 rings (SSSR count). The van der Waals surface area contributed by atoms with Crippen molar-refractivity contribution in [1.29, 1.82) is 0 Å². The summed E-state index contributed by atoms with van der Waals surface area (Å²) < 4.78 is 1.15. The molecule has 1 aromatic carbocycles. The second-order valence-corrected chi connectivity index (χ2v) is 5.41. The number of halogens is 1. The number of rotatable bonds is 4. The topological polar surface area (TPSA) is 54.7 Å². The van der Waals surface area contributed by atoms with Crippen LogP contribution >= 0.6 is 15.9 Å². The molecule has 0 spiro atoms. The van der Waals surface area contributed by atoms with Gasteiger partial charge < -0.3 is 10.7 Å². The number of aromatic nitrogens is 2. The lowest BCUT2D eigenvalue weighted by atomic mass is 10.1. The van der Waals surface area contributed by atoms with Crippen LogP contribution in [-0.2, 0) is 12.8 Å². The van der Waals surface area contributed by atoms with Gasteiger partial charge in [0.25, 0.3) is 0 Å². The molecule has 1 heterocycles. The Labute approximate surface area is 116 Å². The summed E-state index contributed by atoms with van der Waals surface area (Å²) in [5, 5.41) is 0. The van der Waals surface area contributed by atoms with Crippen molar-refractivity contribution in [3.05, 3.63) is 51.0 Å². The molecule has 2 aromatic rings. The third-order valence-corrected chi connectivity index (χ3v) is 3.90. The van der Waals surface area contributed by atoms with E-state index in [0.29, 0.717) is 6.54 Å². The Morgan fingerprint density at radius 3 is 2.78 bits per heavy atom. The highest BCUT2D eigenvalue weighted by Crippen LogP contribution is 2.19. The lowest BCUT2D eigenvalue weighted by molar-refractivity contribution is 0.885. The van der Waals surface area contributed by atoms with Crippen LogP contribution in [0, 0.1) is 13.8 Å². The molecule has 18 heavy (non-hydrogen) atoms. The van der Waals surface area contributed by atoms with Crippen LogP contribution in [0.2, 0.25) is 0 Å². The summed E-state index contributed by atoms with van der Waals surface area (Å²) in [5.74, 6) is 0.985. The van der Waals surface area contributed by atoms with E-state index >= 15 is 0 Å². The highest BCUT2D eigenvalue weighted by molar-refractivity contribution is 9.10. The number of hydrogen-bond donors (Lipinski definition) is 2. The first-order chi connectivity index (χ1) is 8.60. The van der Waals surface area contributed by atoms with Crippen LogP contribution in [0.1, 0.15) is 28.3 Å². The normalized spacial score (nSPS) is 10.9. The molecule has 0 amide bonds. The standard InChI is InChI=1S/C14H18BrN3/c1-9-7-11(3-4-12(9)15)8-13-10(2)17-14(18-13)5-6-16/h3-4,7H,5-6,8,16H2,1-2H3,(H,17,18). The highest BCUT2D eigenvalue weighted by Gasteiger charge is 2.07. The molecule has 0 saturated carbocycles. The molecule has 0 aliphatic heterocycles. The molecule has 0 aliphatic carbocycles. The summed E-state index contributed by atoms with van der Waals surface area (Å²) >= 11 is 3.52. The van der Waals surface area contributed by atoms with Gasteiger partial charge in [0, 0.05) is 23.0 Å². The smallest absolute Gasteiger partial charge is 0.107 e. The molecule has 3 N–H and O–H groups in total. The molecule has 4 heteroatoms. The zero-order chi connectivity index (χ0) is 13.1. The molecule has 0 radical (unpaired) electrons. The Morgan fingerprint density at radius 1 is 1.33 bits per heavy atom. The van der Waals surface area contributed by atoms with E-state index in [-0.39, 0.29) is 0 Å². The van der Waals surface area contributed by atoms with Gasteiger partial charge in [-0.05, 0) is 37.6 Å². The number of aromatic amines is 1. The summed E-state index contributed by atoms with van der Waals surface area (Å²) in [6.07, 6.45) is 1.67. The first-order valence-electron chi connectivity index (χ1n) is 6.09. The van der Waals surface area contributed by atoms with Crippen molar-refractivity contribution < 1.29 is 0 Å². The number of benzene rings is 1. The zero-order valence-corrected chi connectivity index (χ0v) is 12.3. The number of H-pyrrole nitrogens is 1. The van der Waals surface area contributed by atoms with Crippen LogP contribution in [-0.4, -0.2) is 16.5 Å². The van der Waals surface area contributed by atoms with Gasteiger partial charge in [-0.3, -0.25) is 0 Å². The Bertz CT molecular complexity index is 546. The van der Waals surface area contributed by atoms with Crippen molar-refractivity contribution in [1.82, 2.24) is 9.97 Å². The van der Waals surface area contributed by atoms with Gasteiger partial charge in [-0.1, -0.05) is 28.1 Å². The van der Waals surface area contributed by atoms with Crippen molar-refractivity contribution in [3.63, 3.8) is 0 Å². The second-order valence-electron chi connectivity index (χ2n) is 4.55. The van der Waals surface area contributed by atoms with E-state index < -0.39 is 0 Å². The van der Waals surface area contributed by atoms with Crippen molar-refractivity contribution in [2.45, 2.75) is 26.7 Å². The van der Waals surface area contributed by atoms with E-state index in [1.165, 1.54) is 11.1 Å². The average molecular weight is 308 g/mol. The fourth-order valence-electron chi connectivity index (χ4n) is 2.00. The first-order valence-corrected chi connectivity index (χ1v) is 6.89. The summed E-state index contributed by atoms with van der Waals surface area (Å²) in [7, 11) is 0. The van der Waals surface area contributed by atoms with Gasteiger partial charge >= 0.3 is 0 Å². The quantitative estimate of drug-likeness (QED) is 0.912. The number of imidazole rings is 1. The molecule has 1 aromatic heterocycles. The van der Waals surface area contributed by atoms with Crippen LogP contribution in [0.15, 0.2) is 22.7 Å². The molecule has 96 valence electrons. The van der Waals surface area contributed by atoms with Crippen LogP contribution in [0.4, 0.5) is 0 Å². The average Bonchev–Trinajstić information content (AvgIpc) is 2.65. The predicted molar refractivity (Wildman–Crippen MR) is 77.8 cm³/mol. The van der Waals surface area contributed by atoms with Crippen LogP contribution in [0.25, 0.3) is 0 Å². The summed E-state index contributed by atoms with van der Waals surface area (Å²) in [4.78, 5) is 7.89. The van der Waals surface area contributed by atoms with Crippen LogP contribution in [0.3, 0.4) is 0 Å². The minimum atomic E-state index is 0.629. The van der Waals surface area contributed by atoms with E-state index in [1.54, 1.807) is 0 Å². The zero-order valence-electron chi connectivity index (χ0n) is 10.8. The molecule has 0 bridgehead atoms. The van der Waals surface area contributed by atoms with Crippen molar-refractivity contribution in [2.24, 2.45) is 5.73 Å². The van der Waals surface area contributed by atoms with Gasteiger partial charge in [-0.2, -0.15) is 0 Å². The van der Waals surface area contributed by atoms with Crippen LogP contribution in [0.5, 0.6) is 0 Å². The summed E-state index contributed by atoms with van der Waals surface area (Å²) in [5.41, 5.74) is 10.3. The second kappa shape index (κ2) is 5.67. The maximum absolute atomic E-state index is 5.54. The monoisotopic (exact) mass is 307 g/mol. The molecule has 0 saturated heterocycles. The molecule has 0 aliphatic rings. The van der Waals surface area contributed by atoms with E-state index in [1.807, 2.05) is 0 Å². The Balaban J connectivity index is 2.20. The molecule has 3 nitrogen and oxygen atoms in total. The van der Waals surface area contributed by atoms with Crippen molar-refractivity contribution >= 4 is 15.9 Å². The number of nitrogens with one attached hydrogen (secondary N) is 1. The van der Waals surface area contributed by atoms with Crippen LogP contribution < -0.4 is 5.73 Å². The maximum atomic E-state index is 5.54. The van der Waals surface area contributed by atoms with Gasteiger partial charge in [-0.25, -0.2) is 4.98 Å². The molecular formula is C14H18BrN3. The first kappa shape index (κ1) is 13.3. The fraction of sp³-hybridized carbons (Fsp3) is 0.357. The SMILES string of the molecule is Cc1cc(Cc2nc(CCN)[nH]c2C)ccc1Br. The maximum Gasteiger partial charge on any atom is 0.107 e. The number of hydrogen-bond acceptors (Lipinski definition) is 2. The third-order valence-electron chi connectivity index (χ3n) is 3.01. The lowest BCUT2D eigenvalue weighted by Gasteiger charge is -2.03. The van der Waals surface area contributed by atoms with E-state index in [9.17, 15) is 0 Å². The Morgan fingerprint density at radius 2 is 2.11 bits per heavy atom. The lowest BCUT2D eigenvalue weighted by Crippen LogP contribution is -2.04. The summed E-state index contributed by atoms with van der Waals surface area (Å²) in [6, 6.07) is 6.42. The number of aryl methyl sites for hydroxylation is 2. The molecule has 0 fully saturated rings. The minimum absolute atomic E-state index is 0.629. The number of nitrogens with two attached hydrogens (primary N) is 1.